The van der Waals surface area contributed by atoms with Crippen molar-refractivity contribution in [1.29, 1.82) is 5.26 Å². The summed E-state index contributed by atoms with van der Waals surface area (Å²) in [5.74, 6) is 0.501. The first-order valence-electron chi connectivity index (χ1n) is 6.04. The molecule has 2 aromatic rings. The standard InChI is InChI=1S/C15H16N2S/c1-12(13-5-3-2-4-6-13)10-17-11-15-8-7-14(9-16)18-15/h2-8,12,17H,10-11H2,1H3. The van der Waals surface area contributed by atoms with Crippen LogP contribution in [0.1, 0.15) is 28.2 Å². The second kappa shape index (κ2) is 6.34. The van der Waals surface area contributed by atoms with Gasteiger partial charge in [0.25, 0.3) is 0 Å². The Kier molecular flexibility index (Phi) is 4.52. The lowest BCUT2D eigenvalue weighted by atomic mass is 10.0. The number of nitriles is 1. The number of thiophene rings is 1. The van der Waals surface area contributed by atoms with Crippen molar-refractivity contribution in [3.63, 3.8) is 0 Å². The van der Waals surface area contributed by atoms with Crippen molar-refractivity contribution in [2.24, 2.45) is 0 Å². The van der Waals surface area contributed by atoms with E-state index < -0.39 is 0 Å². The molecular weight excluding hydrogens is 240 g/mol. The first-order valence-corrected chi connectivity index (χ1v) is 6.85. The van der Waals surface area contributed by atoms with Gasteiger partial charge in [-0.05, 0) is 23.6 Å². The summed E-state index contributed by atoms with van der Waals surface area (Å²) in [6, 6.07) is 16.6. The van der Waals surface area contributed by atoms with Crippen LogP contribution in [0.15, 0.2) is 42.5 Å². The van der Waals surface area contributed by atoms with Gasteiger partial charge in [-0.25, -0.2) is 0 Å². The first kappa shape index (κ1) is 12.8. The predicted octanol–water partition coefficient (Wildman–Crippen LogP) is 3.51. The fourth-order valence-corrected chi connectivity index (χ4v) is 2.62. The van der Waals surface area contributed by atoms with Gasteiger partial charge in [0, 0.05) is 18.0 Å². The molecule has 1 heterocycles. The molecule has 2 nitrogen and oxygen atoms in total. The Hall–Kier alpha value is -1.63. The van der Waals surface area contributed by atoms with Crippen molar-refractivity contribution in [3.05, 3.63) is 57.8 Å². The molecule has 0 bridgehead atoms. The Bertz CT molecular complexity index is 525. The summed E-state index contributed by atoms with van der Waals surface area (Å²) in [7, 11) is 0. The van der Waals surface area contributed by atoms with E-state index in [-0.39, 0.29) is 0 Å². The molecule has 1 unspecified atom stereocenters. The van der Waals surface area contributed by atoms with Gasteiger partial charge in [-0.3, -0.25) is 0 Å². The number of rotatable bonds is 5. The Morgan fingerprint density at radius 2 is 2.00 bits per heavy atom. The van der Waals surface area contributed by atoms with Gasteiger partial charge in [-0.15, -0.1) is 11.3 Å². The number of nitrogens with one attached hydrogen (secondary N) is 1. The molecule has 18 heavy (non-hydrogen) atoms. The van der Waals surface area contributed by atoms with Crippen LogP contribution in [0.2, 0.25) is 0 Å². The maximum Gasteiger partial charge on any atom is 0.110 e. The molecule has 0 spiro atoms. The smallest absolute Gasteiger partial charge is 0.110 e. The Morgan fingerprint density at radius 3 is 2.67 bits per heavy atom. The van der Waals surface area contributed by atoms with Gasteiger partial charge in [0.15, 0.2) is 0 Å². The molecular formula is C15H16N2S. The van der Waals surface area contributed by atoms with E-state index in [2.05, 4.69) is 42.6 Å². The molecule has 0 saturated heterocycles. The summed E-state index contributed by atoms with van der Waals surface area (Å²) in [6.07, 6.45) is 0. The van der Waals surface area contributed by atoms with E-state index >= 15 is 0 Å². The third-order valence-electron chi connectivity index (χ3n) is 2.89. The topological polar surface area (TPSA) is 35.8 Å². The van der Waals surface area contributed by atoms with E-state index in [1.165, 1.54) is 10.4 Å². The van der Waals surface area contributed by atoms with Crippen LogP contribution in [-0.4, -0.2) is 6.54 Å². The lowest BCUT2D eigenvalue weighted by Gasteiger charge is -2.12. The van der Waals surface area contributed by atoms with E-state index in [0.717, 1.165) is 18.0 Å². The van der Waals surface area contributed by atoms with E-state index in [9.17, 15) is 0 Å². The van der Waals surface area contributed by atoms with Gasteiger partial charge in [-0.1, -0.05) is 37.3 Å². The molecule has 0 saturated carbocycles. The largest absolute Gasteiger partial charge is 0.311 e. The van der Waals surface area contributed by atoms with Crippen molar-refractivity contribution in [1.82, 2.24) is 5.32 Å². The van der Waals surface area contributed by atoms with Crippen LogP contribution in [0.5, 0.6) is 0 Å². The minimum Gasteiger partial charge on any atom is -0.311 e. The molecule has 1 aromatic heterocycles. The number of benzene rings is 1. The molecule has 0 aliphatic carbocycles. The van der Waals surface area contributed by atoms with Crippen LogP contribution in [0.25, 0.3) is 0 Å². The summed E-state index contributed by atoms with van der Waals surface area (Å²) in [5.41, 5.74) is 1.36. The monoisotopic (exact) mass is 256 g/mol. The van der Waals surface area contributed by atoms with Gasteiger partial charge in [0.05, 0.1) is 0 Å². The molecule has 1 atom stereocenters. The van der Waals surface area contributed by atoms with Crippen LogP contribution < -0.4 is 5.32 Å². The maximum atomic E-state index is 8.75. The Morgan fingerprint density at radius 1 is 1.22 bits per heavy atom. The van der Waals surface area contributed by atoms with E-state index in [0.29, 0.717) is 5.92 Å². The van der Waals surface area contributed by atoms with Gasteiger partial charge in [0.1, 0.15) is 10.9 Å². The molecule has 0 aliphatic heterocycles. The quantitative estimate of drug-likeness (QED) is 0.888. The van der Waals surface area contributed by atoms with Gasteiger partial charge in [-0.2, -0.15) is 5.26 Å². The van der Waals surface area contributed by atoms with Crippen molar-refractivity contribution < 1.29 is 0 Å². The van der Waals surface area contributed by atoms with Gasteiger partial charge in [0.2, 0.25) is 0 Å². The van der Waals surface area contributed by atoms with Crippen LogP contribution in [0.3, 0.4) is 0 Å². The average molecular weight is 256 g/mol. The highest BCUT2D eigenvalue weighted by atomic mass is 32.1. The van der Waals surface area contributed by atoms with E-state index in [4.69, 9.17) is 5.26 Å². The molecule has 1 aromatic carbocycles. The van der Waals surface area contributed by atoms with Crippen molar-refractivity contribution >= 4 is 11.3 Å². The SMILES string of the molecule is CC(CNCc1ccc(C#N)s1)c1ccccc1. The van der Waals surface area contributed by atoms with Crippen LogP contribution >= 0.6 is 11.3 Å². The minimum absolute atomic E-state index is 0.501. The summed E-state index contributed by atoms with van der Waals surface area (Å²) >= 11 is 1.56. The molecule has 0 radical (unpaired) electrons. The third kappa shape index (κ3) is 3.43. The predicted molar refractivity (Wildman–Crippen MR) is 75.6 cm³/mol. The maximum absolute atomic E-state index is 8.75. The number of nitrogens with zero attached hydrogens (tertiary/aromatic N) is 1. The fraction of sp³-hybridized carbons (Fsp3) is 0.267. The van der Waals surface area contributed by atoms with Crippen molar-refractivity contribution in [2.75, 3.05) is 6.54 Å². The fourth-order valence-electron chi connectivity index (χ4n) is 1.84. The Balaban J connectivity index is 1.80. The molecule has 1 N–H and O–H groups in total. The lowest BCUT2D eigenvalue weighted by molar-refractivity contribution is 0.619. The average Bonchev–Trinajstić information content (AvgIpc) is 2.87. The zero-order valence-electron chi connectivity index (χ0n) is 10.4. The van der Waals surface area contributed by atoms with Gasteiger partial charge >= 0.3 is 0 Å². The highest BCUT2D eigenvalue weighted by molar-refractivity contribution is 7.12. The summed E-state index contributed by atoms with van der Waals surface area (Å²) in [4.78, 5) is 2.00. The zero-order valence-corrected chi connectivity index (χ0v) is 11.2. The second-order valence-electron chi connectivity index (χ2n) is 4.32. The van der Waals surface area contributed by atoms with Crippen LogP contribution in [-0.2, 0) is 6.54 Å². The number of hydrogen-bond donors (Lipinski definition) is 1. The molecule has 2 rings (SSSR count). The summed E-state index contributed by atoms with van der Waals surface area (Å²) in [6.45, 7) is 4.00. The highest BCUT2D eigenvalue weighted by Crippen LogP contribution is 2.16. The van der Waals surface area contributed by atoms with E-state index in [1.54, 1.807) is 11.3 Å². The van der Waals surface area contributed by atoms with Crippen LogP contribution in [0, 0.1) is 11.3 Å². The highest BCUT2D eigenvalue weighted by Gasteiger charge is 2.04. The van der Waals surface area contributed by atoms with Gasteiger partial charge < -0.3 is 5.32 Å². The molecule has 92 valence electrons. The molecule has 0 aliphatic rings. The van der Waals surface area contributed by atoms with E-state index in [1.807, 2.05) is 18.2 Å². The Labute approximate surface area is 112 Å². The normalized spacial score (nSPS) is 12.0. The summed E-state index contributed by atoms with van der Waals surface area (Å²) in [5, 5.41) is 12.2. The number of hydrogen-bond acceptors (Lipinski definition) is 3. The molecule has 3 heteroatoms. The first-order chi connectivity index (χ1) is 8.79. The van der Waals surface area contributed by atoms with Crippen molar-refractivity contribution in [3.8, 4) is 6.07 Å². The third-order valence-corrected chi connectivity index (χ3v) is 3.88. The molecule has 0 amide bonds. The zero-order chi connectivity index (χ0) is 12.8. The second-order valence-corrected chi connectivity index (χ2v) is 5.49. The van der Waals surface area contributed by atoms with Crippen LogP contribution in [0.4, 0.5) is 0 Å². The summed E-state index contributed by atoms with van der Waals surface area (Å²) < 4.78 is 0. The van der Waals surface area contributed by atoms with Crippen molar-refractivity contribution in [2.45, 2.75) is 19.4 Å². The minimum atomic E-state index is 0.501. The molecule has 0 fully saturated rings. The lowest BCUT2D eigenvalue weighted by Crippen LogP contribution is -2.19.